The third kappa shape index (κ3) is 4.57. The molecule has 3 nitrogen and oxygen atoms in total. The van der Waals surface area contributed by atoms with Crippen LogP contribution in [0.5, 0.6) is 11.5 Å². The number of fused-ring (bicyclic) bond motifs is 1. The Kier molecular flexibility index (Phi) is 6.53. The Bertz CT molecular complexity index is 661. The van der Waals surface area contributed by atoms with Crippen LogP contribution in [0.1, 0.15) is 43.2 Å². The number of unbranched alkanes of at least 4 members (excludes halogenated alkanes) is 4. The number of aliphatic hydroxyl groups excluding tert-OH is 1. The van der Waals surface area contributed by atoms with E-state index in [9.17, 15) is 13.2 Å². The molecule has 1 aromatic rings. The van der Waals surface area contributed by atoms with Gasteiger partial charge in [0.25, 0.3) is 0 Å². The molecule has 0 spiro atoms. The maximum absolute atomic E-state index is 13.4. The topological polar surface area (TPSA) is 38.7 Å². The minimum Gasteiger partial charge on any atom is -0.493 e. The van der Waals surface area contributed by atoms with Crippen LogP contribution in [0.2, 0.25) is 0 Å². The smallest absolute Gasteiger partial charge is 0.417 e. The first-order valence-electron chi connectivity index (χ1n) is 8.29. The number of alkyl halides is 3. The zero-order valence-electron chi connectivity index (χ0n) is 14.4. The van der Waals surface area contributed by atoms with Crippen molar-refractivity contribution < 1.29 is 27.8 Å². The number of benzene rings is 1. The zero-order chi connectivity index (χ0) is 18.4. The fourth-order valence-electron chi connectivity index (χ4n) is 2.92. The van der Waals surface area contributed by atoms with Gasteiger partial charge in [0.05, 0.1) is 19.8 Å². The largest absolute Gasteiger partial charge is 0.493 e. The van der Waals surface area contributed by atoms with E-state index in [1.165, 1.54) is 26.4 Å². The van der Waals surface area contributed by atoms with Crippen LogP contribution in [0.25, 0.3) is 11.1 Å². The summed E-state index contributed by atoms with van der Waals surface area (Å²) in [6.07, 6.45) is 2.79. The predicted molar refractivity (Wildman–Crippen MR) is 91.7 cm³/mol. The van der Waals surface area contributed by atoms with Gasteiger partial charge in [-0.3, -0.25) is 0 Å². The summed E-state index contributed by atoms with van der Waals surface area (Å²) in [5, 5.41) is 8.75. The lowest BCUT2D eigenvalue weighted by molar-refractivity contribution is -0.0687. The van der Waals surface area contributed by atoms with Crippen LogP contribution in [0.4, 0.5) is 13.2 Å². The van der Waals surface area contributed by atoms with Gasteiger partial charge in [-0.15, -0.1) is 0 Å². The van der Waals surface area contributed by atoms with Gasteiger partial charge >= 0.3 is 6.18 Å². The normalized spacial score (nSPS) is 15.3. The first-order chi connectivity index (χ1) is 11.9. The van der Waals surface area contributed by atoms with E-state index >= 15 is 0 Å². The molecule has 0 unspecified atom stereocenters. The summed E-state index contributed by atoms with van der Waals surface area (Å²) in [5.41, 5.74) is 0.539. The van der Waals surface area contributed by atoms with E-state index in [-0.39, 0.29) is 17.9 Å². The summed E-state index contributed by atoms with van der Waals surface area (Å²) in [6.45, 7) is 0.174. The van der Waals surface area contributed by atoms with Gasteiger partial charge in [0.15, 0.2) is 11.5 Å². The summed E-state index contributed by atoms with van der Waals surface area (Å²) < 4.78 is 50.5. The van der Waals surface area contributed by atoms with E-state index < -0.39 is 11.7 Å². The molecular formula is C19H23F3O3. The quantitative estimate of drug-likeness (QED) is 0.667. The number of ether oxygens (including phenoxy) is 2. The zero-order valence-corrected chi connectivity index (χ0v) is 14.4. The monoisotopic (exact) mass is 356 g/mol. The van der Waals surface area contributed by atoms with E-state index in [2.05, 4.69) is 0 Å². The van der Waals surface area contributed by atoms with Crippen LogP contribution in [0, 0.1) is 0 Å². The number of hydrogen-bond acceptors (Lipinski definition) is 3. The molecule has 1 N–H and O–H groups in total. The van der Waals surface area contributed by atoms with Crippen molar-refractivity contribution in [3.8, 4) is 11.5 Å². The highest BCUT2D eigenvalue weighted by atomic mass is 19.4. The molecule has 0 aromatic heterocycles. The number of rotatable bonds is 8. The fraction of sp³-hybridized carbons (Fsp3) is 0.474. The van der Waals surface area contributed by atoms with Crippen molar-refractivity contribution in [2.75, 3.05) is 20.8 Å². The minimum atomic E-state index is -4.43. The summed E-state index contributed by atoms with van der Waals surface area (Å²) in [6, 6.07) is 2.98. The van der Waals surface area contributed by atoms with Gasteiger partial charge in [0, 0.05) is 6.61 Å². The fourth-order valence-corrected chi connectivity index (χ4v) is 2.92. The summed E-state index contributed by atoms with van der Waals surface area (Å²) >= 11 is 0. The molecule has 0 bridgehead atoms. The molecule has 0 amide bonds. The van der Waals surface area contributed by atoms with Gasteiger partial charge in [-0.25, -0.2) is 0 Å². The molecule has 2 rings (SSSR count). The van der Waals surface area contributed by atoms with Crippen molar-refractivity contribution in [2.24, 2.45) is 0 Å². The van der Waals surface area contributed by atoms with Crippen LogP contribution in [0.3, 0.4) is 0 Å². The molecule has 1 aliphatic carbocycles. The second-order valence-electron chi connectivity index (χ2n) is 5.89. The van der Waals surface area contributed by atoms with Crippen LogP contribution in [-0.2, 0) is 0 Å². The van der Waals surface area contributed by atoms with Gasteiger partial charge in [0.1, 0.15) is 0 Å². The first-order valence-corrected chi connectivity index (χ1v) is 8.29. The van der Waals surface area contributed by atoms with E-state index in [1.807, 2.05) is 6.08 Å². The number of aliphatic hydroxyl groups is 1. The lowest BCUT2D eigenvalue weighted by Gasteiger charge is -2.14. The summed E-state index contributed by atoms with van der Waals surface area (Å²) in [4.78, 5) is 0. The molecule has 1 aliphatic rings. The molecule has 0 saturated heterocycles. The average Bonchev–Trinajstić information content (AvgIpc) is 2.94. The van der Waals surface area contributed by atoms with E-state index in [0.717, 1.165) is 25.7 Å². The number of hydrogen-bond donors (Lipinski definition) is 1. The highest BCUT2D eigenvalue weighted by Gasteiger charge is 2.39. The van der Waals surface area contributed by atoms with Crippen LogP contribution >= 0.6 is 0 Å². The first kappa shape index (κ1) is 19.4. The number of allylic oxidation sites excluding steroid dienone is 4. The van der Waals surface area contributed by atoms with Gasteiger partial charge < -0.3 is 14.6 Å². The van der Waals surface area contributed by atoms with Crippen molar-refractivity contribution in [3.05, 3.63) is 35.4 Å². The summed E-state index contributed by atoms with van der Waals surface area (Å²) in [7, 11) is 2.86. The lowest BCUT2D eigenvalue weighted by Crippen LogP contribution is -2.09. The molecular weight excluding hydrogens is 333 g/mol. The maximum atomic E-state index is 13.4. The molecule has 0 atom stereocenters. The van der Waals surface area contributed by atoms with E-state index in [0.29, 0.717) is 23.3 Å². The van der Waals surface area contributed by atoms with Gasteiger partial charge in [-0.05, 0) is 54.2 Å². The third-order valence-electron chi connectivity index (χ3n) is 4.21. The van der Waals surface area contributed by atoms with E-state index in [1.54, 1.807) is 6.07 Å². The Morgan fingerprint density at radius 1 is 0.960 bits per heavy atom. The molecule has 0 radical (unpaired) electrons. The third-order valence-corrected chi connectivity index (χ3v) is 4.21. The molecule has 0 fully saturated rings. The molecule has 0 heterocycles. The maximum Gasteiger partial charge on any atom is 0.417 e. The Morgan fingerprint density at radius 3 is 2.12 bits per heavy atom. The van der Waals surface area contributed by atoms with Crippen molar-refractivity contribution in [3.63, 3.8) is 0 Å². The van der Waals surface area contributed by atoms with Crippen LogP contribution < -0.4 is 9.47 Å². The molecule has 1 aromatic carbocycles. The molecule has 0 aliphatic heterocycles. The van der Waals surface area contributed by atoms with Crippen molar-refractivity contribution >= 4 is 11.1 Å². The molecule has 25 heavy (non-hydrogen) atoms. The number of methoxy groups -OCH3 is 2. The standard InChI is InChI=1S/C19H23F3O3/c1-24-17-11-14-13(8-6-4-3-5-7-9-23)10-16(19(20,21)22)15(14)12-18(17)25-2/h8,10-12,23H,3-7,9H2,1-2H3. The van der Waals surface area contributed by atoms with Crippen molar-refractivity contribution in [1.29, 1.82) is 0 Å². The van der Waals surface area contributed by atoms with E-state index in [4.69, 9.17) is 14.6 Å². The van der Waals surface area contributed by atoms with Gasteiger partial charge in [-0.2, -0.15) is 13.2 Å². The minimum absolute atomic E-state index is 0.122. The van der Waals surface area contributed by atoms with Gasteiger partial charge in [0.2, 0.25) is 0 Å². The lowest BCUT2D eigenvalue weighted by atomic mass is 10.0. The van der Waals surface area contributed by atoms with Crippen molar-refractivity contribution in [1.82, 2.24) is 0 Å². The molecule has 6 heteroatoms. The molecule has 138 valence electrons. The Morgan fingerprint density at radius 2 is 1.56 bits per heavy atom. The van der Waals surface area contributed by atoms with Crippen LogP contribution in [-0.4, -0.2) is 32.1 Å². The second kappa shape index (κ2) is 8.43. The Labute approximate surface area is 145 Å². The Hall–Kier alpha value is -1.95. The average molecular weight is 356 g/mol. The van der Waals surface area contributed by atoms with Gasteiger partial charge in [-0.1, -0.05) is 18.9 Å². The second-order valence-corrected chi connectivity index (χ2v) is 5.89. The summed E-state index contributed by atoms with van der Waals surface area (Å²) in [5.74, 6) is 0.688. The van der Waals surface area contributed by atoms with Crippen LogP contribution in [0.15, 0.2) is 24.3 Å². The highest BCUT2D eigenvalue weighted by molar-refractivity contribution is 5.98. The SMILES string of the molecule is COc1cc2c(cc1OC)C(C(F)(F)F)=CC2=CCCCCCCO. The highest BCUT2D eigenvalue weighted by Crippen LogP contribution is 2.47. The molecule has 0 saturated carbocycles. The Balaban J connectivity index is 2.29. The van der Waals surface area contributed by atoms with Crippen molar-refractivity contribution in [2.45, 2.75) is 38.3 Å². The predicted octanol–water partition coefficient (Wildman–Crippen LogP) is 4.99. The number of halogens is 3.